The third-order valence-corrected chi connectivity index (χ3v) is 2.42. The Labute approximate surface area is 101 Å². The molecule has 0 radical (unpaired) electrons. The van der Waals surface area contributed by atoms with Crippen molar-refractivity contribution in [3.05, 3.63) is 23.8 Å². The molecule has 17 heavy (non-hydrogen) atoms. The SMILES string of the molecule is CNC(=O)c1ccc(N)cc1NCCCCO. The fourth-order valence-electron chi connectivity index (χ4n) is 1.50. The first kappa shape index (κ1) is 13.3. The van der Waals surface area contributed by atoms with Crippen molar-refractivity contribution >= 4 is 17.3 Å². The summed E-state index contributed by atoms with van der Waals surface area (Å²) in [5, 5.41) is 14.4. The normalized spacial score (nSPS) is 10.0. The molecule has 5 nitrogen and oxygen atoms in total. The second-order valence-electron chi connectivity index (χ2n) is 3.74. The number of unbranched alkanes of at least 4 members (excludes halogenated alkanes) is 1. The lowest BCUT2D eigenvalue weighted by molar-refractivity contribution is 0.0964. The molecule has 0 fully saturated rings. The smallest absolute Gasteiger partial charge is 0.253 e. The molecule has 0 unspecified atom stereocenters. The van der Waals surface area contributed by atoms with Crippen LogP contribution < -0.4 is 16.4 Å². The zero-order valence-corrected chi connectivity index (χ0v) is 9.99. The number of nitrogens with two attached hydrogens (primary N) is 1. The van der Waals surface area contributed by atoms with Crippen LogP contribution in [-0.4, -0.2) is 31.2 Å². The Morgan fingerprint density at radius 2 is 2.18 bits per heavy atom. The summed E-state index contributed by atoms with van der Waals surface area (Å²) in [4.78, 5) is 11.6. The van der Waals surface area contributed by atoms with E-state index in [4.69, 9.17) is 10.8 Å². The van der Waals surface area contributed by atoms with Crippen LogP contribution in [0.1, 0.15) is 23.2 Å². The zero-order valence-electron chi connectivity index (χ0n) is 9.99. The van der Waals surface area contributed by atoms with Crippen molar-refractivity contribution in [2.75, 3.05) is 31.2 Å². The Morgan fingerprint density at radius 3 is 2.82 bits per heavy atom. The molecule has 0 heterocycles. The summed E-state index contributed by atoms with van der Waals surface area (Å²) in [6, 6.07) is 5.13. The number of nitrogen functional groups attached to an aromatic ring is 1. The monoisotopic (exact) mass is 237 g/mol. The molecule has 5 N–H and O–H groups in total. The minimum atomic E-state index is -0.144. The molecule has 0 aliphatic carbocycles. The van der Waals surface area contributed by atoms with Crippen molar-refractivity contribution in [1.82, 2.24) is 5.32 Å². The number of anilines is 2. The summed E-state index contributed by atoms with van der Waals surface area (Å²) in [5.74, 6) is -0.144. The molecule has 0 atom stereocenters. The fraction of sp³-hybridized carbons (Fsp3) is 0.417. The molecule has 0 saturated heterocycles. The second kappa shape index (κ2) is 6.75. The van der Waals surface area contributed by atoms with Crippen LogP contribution in [0.5, 0.6) is 0 Å². The van der Waals surface area contributed by atoms with Crippen molar-refractivity contribution in [3.8, 4) is 0 Å². The van der Waals surface area contributed by atoms with E-state index < -0.39 is 0 Å². The van der Waals surface area contributed by atoms with Gasteiger partial charge in [-0.25, -0.2) is 0 Å². The first-order chi connectivity index (χ1) is 8.19. The summed E-state index contributed by atoms with van der Waals surface area (Å²) in [5.41, 5.74) is 7.60. The minimum Gasteiger partial charge on any atom is -0.399 e. The topological polar surface area (TPSA) is 87.4 Å². The number of carbonyl (C=O) groups excluding carboxylic acids is 1. The number of nitrogens with one attached hydrogen (secondary N) is 2. The van der Waals surface area contributed by atoms with E-state index in [-0.39, 0.29) is 12.5 Å². The summed E-state index contributed by atoms with van der Waals surface area (Å²) in [6.07, 6.45) is 1.59. The van der Waals surface area contributed by atoms with Crippen LogP contribution in [-0.2, 0) is 0 Å². The van der Waals surface area contributed by atoms with Gasteiger partial charge in [0.1, 0.15) is 0 Å². The second-order valence-corrected chi connectivity index (χ2v) is 3.74. The molecule has 1 aromatic carbocycles. The number of carbonyl (C=O) groups is 1. The number of aliphatic hydroxyl groups is 1. The number of hydrogen-bond donors (Lipinski definition) is 4. The van der Waals surface area contributed by atoms with E-state index in [0.717, 1.165) is 18.5 Å². The van der Waals surface area contributed by atoms with E-state index in [1.54, 1.807) is 25.2 Å². The molecule has 94 valence electrons. The van der Waals surface area contributed by atoms with Crippen LogP contribution in [0.2, 0.25) is 0 Å². The third-order valence-electron chi connectivity index (χ3n) is 2.42. The Hall–Kier alpha value is -1.75. The van der Waals surface area contributed by atoms with Gasteiger partial charge in [-0.05, 0) is 31.0 Å². The van der Waals surface area contributed by atoms with Crippen LogP contribution in [0.25, 0.3) is 0 Å². The molecular weight excluding hydrogens is 218 g/mol. The van der Waals surface area contributed by atoms with Gasteiger partial charge in [0.25, 0.3) is 5.91 Å². The van der Waals surface area contributed by atoms with Crippen molar-refractivity contribution in [3.63, 3.8) is 0 Å². The Balaban J connectivity index is 2.73. The molecule has 0 aliphatic heterocycles. The van der Waals surface area contributed by atoms with E-state index in [9.17, 15) is 4.79 Å². The molecule has 1 rings (SSSR count). The van der Waals surface area contributed by atoms with Crippen LogP contribution in [0.3, 0.4) is 0 Å². The fourth-order valence-corrected chi connectivity index (χ4v) is 1.50. The average molecular weight is 237 g/mol. The van der Waals surface area contributed by atoms with Crippen molar-refractivity contribution < 1.29 is 9.90 Å². The zero-order chi connectivity index (χ0) is 12.7. The lowest BCUT2D eigenvalue weighted by atomic mass is 10.1. The summed E-state index contributed by atoms with van der Waals surface area (Å²) < 4.78 is 0. The number of aliphatic hydroxyl groups excluding tert-OH is 1. The van der Waals surface area contributed by atoms with Gasteiger partial charge in [0.15, 0.2) is 0 Å². The molecular formula is C12H19N3O2. The number of rotatable bonds is 6. The van der Waals surface area contributed by atoms with Crippen LogP contribution in [0.4, 0.5) is 11.4 Å². The van der Waals surface area contributed by atoms with Crippen LogP contribution >= 0.6 is 0 Å². The average Bonchev–Trinajstić information content (AvgIpc) is 2.34. The molecule has 1 amide bonds. The van der Waals surface area contributed by atoms with Crippen molar-refractivity contribution in [2.24, 2.45) is 0 Å². The van der Waals surface area contributed by atoms with Gasteiger partial charge in [-0.3, -0.25) is 4.79 Å². The van der Waals surface area contributed by atoms with E-state index in [1.807, 2.05) is 0 Å². The molecule has 0 aromatic heterocycles. The molecule has 1 aromatic rings. The maximum atomic E-state index is 11.6. The highest BCUT2D eigenvalue weighted by atomic mass is 16.2. The molecule has 5 heteroatoms. The Morgan fingerprint density at radius 1 is 1.41 bits per heavy atom. The Kier molecular flexibility index (Phi) is 5.29. The summed E-state index contributed by atoms with van der Waals surface area (Å²) in [7, 11) is 1.59. The van der Waals surface area contributed by atoms with Crippen LogP contribution in [0.15, 0.2) is 18.2 Å². The van der Waals surface area contributed by atoms with Crippen molar-refractivity contribution in [2.45, 2.75) is 12.8 Å². The first-order valence-electron chi connectivity index (χ1n) is 5.65. The van der Waals surface area contributed by atoms with Gasteiger partial charge in [-0.1, -0.05) is 0 Å². The lowest BCUT2D eigenvalue weighted by Gasteiger charge is -2.11. The number of amides is 1. The minimum absolute atomic E-state index is 0.144. The number of hydrogen-bond acceptors (Lipinski definition) is 4. The maximum absolute atomic E-state index is 11.6. The Bertz CT molecular complexity index is 380. The molecule has 0 bridgehead atoms. The van der Waals surface area contributed by atoms with Gasteiger partial charge in [0, 0.05) is 31.6 Å². The molecule has 0 spiro atoms. The van der Waals surface area contributed by atoms with Gasteiger partial charge in [-0.15, -0.1) is 0 Å². The highest BCUT2D eigenvalue weighted by Gasteiger charge is 2.09. The highest BCUT2D eigenvalue weighted by Crippen LogP contribution is 2.19. The van der Waals surface area contributed by atoms with Crippen molar-refractivity contribution in [1.29, 1.82) is 0 Å². The third kappa shape index (κ3) is 3.96. The van der Waals surface area contributed by atoms with Gasteiger partial charge >= 0.3 is 0 Å². The van der Waals surface area contributed by atoms with Gasteiger partial charge < -0.3 is 21.5 Å². The van der Waals surface area contributed by atoms with E-state index >= 15 is 0 Å². The predicted octanol–water partition coefficient (Wildman–Crippen LogP) is 0.813. The van der Waals surface area contributed by atoms with E-state index in [1.165, 1.54) is 0 Å². The predicted molar refractivity (Wildman–Crippen MR) is 69.1 cm³/mol. The van der Waals surface area contributed by atoms with E-state index in [2.05, 4.69) is 10.6 Å². The van der Waals surface area contributed by atoms with E-state index in [0.29, 0.717) is 17.8 Å². The molecule has 0 aliphatic rings. The standard InChI is InChI=1S/C12H19N3O2/c1-14-12(17)10-5-4-9(13)8-11(10)15-6-2-3-7-16/h4-5,8,15-16H,2-3,6-7,13H2,1H3,(H,14,17). The highest BCUT2D eigenvalue weighted by molar-refractivity contribution is 6.00. The van der Waals surface area contributed by atoms with Gasteiger partial charge in [-0.2, -0.15) is 0 Å². The largest absolute Gasteiger partial charge is 0.399 e. The van der Waals surface area contributed by atoms with Gasteiger partial charge in [0.2, 0.25) is 0 Å². The first-order valence-corrected chi connectivity index (χ1v) is 5.65. The number of benzene rings is 1. The lowest BCUT2D eigenvalue weighted by Crippen LogP contribution is -2.20. The summed E-state index contributed by atoms with van der Waals surface area (Å²) in [6.45, 7) is 0.884. The van der Waals surface area contributed by atoms with Gasteiger partial charge in [0.05, 0.1) is 5.56 Å². The van der Waals surface area contributed by atoms with Crippen LogP contribution in [0, 0.1) is 0 Å². The quantitative estimate of drug-likeness (QED) is 0.435. The summed E-state index contributed by atoms with van der Waals surface area (Å²) >= 11 is 0. The maximum Gasteiger partial charge on any atom is 0.253 e. The molecule has 0 saturated carbocycles.